The molecule has 0 radical (unpaired) electrons. The van der Waals surface area contributed by atoms with Crippen LogP contribution in [0.25, 0.3) is 0 Å². The van der Waals surface area contributed by atoms with E-state index in [0.717, 1.165) is 11.4 Å². The molecule has 1 aliphatic heterocycles. The van der Waals surface area contributed by atoms with Crippen LogP contribution in [0, 0.1) is 0 Å². The molecule has 2 atom stereocenters. The Morgan fingerprint density at radius 1 is 1.26 bits per heavy atom. The van der Waals surface area contributed by atoms with Crippen LogP contribution in [0.4, 0.5) is 0 Å². The number of benzene rings is 1. The van der Waals surface area contributed by atoms with Gasteiger partial charge < -0.3 is 9.16 Å². The highest BCUT2D eigenvalue weighted by molar-refractivity contribution is 6.74. The first-order chi connectivity index (χ1) is 12.6. The van der Waals surface area contributed by atoms with Gasteiger partial charge in [0, 0.05) is 6.42 Å². The third-order valence-electron chi connectivity index (χ3n) is 5.55. The van der Waals surface area contributed by atoms with Gasteiger partial charge in [-0.3, -0.25) is 0 Å². The summed E-state index contributed by atoms with van der Waals surface area (Å²) in [5, 5.41) is 4.59. The molecule has 1 aromatic carbocycles. The molecule has 1 aromatic heterocycles. The van der Waals surface area contributed by atoms with Gasteiger partial charge in [-0.15, -0.1) is 5.10 Å². The van der Waals surface area contributed by atoms with Gasteiger partial charge in [0.05, 0.1) is 12.7 Å². The molecular formula is C20H29N3O3Si. The Kier molecular flexibility index (Phi) is 5.27. The Hall–Kier alpha value is -1.99. The molecule has 146 valence electrons. The molecule has 27 heavy (non-hydrogen) atoms. The fraction of sp³-hybridized carbons (Fsp3) is 0.550. The fourth-order valence-corrected chi connectivity index (χ4v) is 4.44. The number of fused-ring (bicyclic) bond motifs is 1. The zero-order chi connectivity index (χ0) is 19.8. The third-order valence-corrected chi connectivity index (χ3v) is 10.1. The molecule has 0 spiro atoms. The van der Waals surface area contributed by atoms with Gasteiger partial charge in [0.25, 0.3) is 5.82 Å². The van der Waals surface area contributed by atoms with Gasteiger partial charge in [-0.2, -0.15) is 0 Å². The van der Waals surface area contributed by atoms with E-state index in [0.29, 0.717) is 13.0 Å². The van der Waals surface area contributed by atoms with Crippen LogP contribution in [0.1, 0.15) is 55.7 Å². The lowest BCUT2D eigenvalue weighted by molar-refractivity contribution is 0.0509. The molecule has 0 aliphatic carbocycles. The number of nitrogens with zero attached hydrogens (tertiary/aromatic N) is 3. The topological polar surface area (TPSA) is 66.2 Å². The number of hydrogen-bond acceptors (Lipinski definition) is 5. The summed E-state index contributed by atoms with van der Waals surface area (Å²) in [4.78, 5) is 16.5. The average Bonchev–Trinajstić information content (AvgIpc) is 3.11. The largest absolute Gasteiger partial charge is 0.460 e. The van der Waals surface area contributed by atoms with Gasteiger partial charge in [-0.25, -0.2) is 14.5 Å². The van der Waals surface area contributed by atoms with Crippen molar-refractivity contribution in [1.29, 1.82) is 0 Å². The molecule has 2 aromatic rings. The van der Waals surface area contributed by atoms with Crippen LogP contribution >= 0.6 is 0 Å². The van der Waals surface area contributed by atoms with Crippen molar-refractivity contribution in [2.24, 2.45) is 0 Å². The van der Waals surface area contributed by atoms with Crippen molar-refractivity contribution in [1.82, 2.24) is 14.8 Å². The minimum atomic E-state index is -1.97. The van der Waals surface area contributed by atoms with Crippen molar-refractivity contribution < 1.29 is 14.0 Å². The monoisotopic (exact) mass is 387 g/mol. The Labute approximate surface area is 162 Å². The molecule has 6 nitrogen and oxygen atoms in total. The summed E-state index contributed by atoms with van der Waals surface area (Å²) < 4.78 is 13.6. The molecule has 0 fully saturated rings. The normalized spacial score (nSPS) is 19.8. The van der Waals surface area contributed by atoms with Gasteiger partial charge in [0.2, 0.25) is 0 Å². The van der Waals surface area contributed by atoms with E-state index in [9.17, 15) is 4.79 Å². The van der Waals surface area contributed by atoms with E-state index in [-0.39, 0.29) is 23.0 Å². The number of esters is 1. The molecule has 0 bridgehead atoms. The van der Waals surface area contributed by atoms with E-state index < -0.39 is 14.3 Å². The first-order valence-corrected chi connectivity index (χ1v) is 12.4. The maximum atomic E-state index is 12.1. The summed E-state index contributed by atoms with van der Waals surface area (Å²) in [6.07, 6.45) is 0.595. The lowest BCUT2D eigenvalue weighted by atomic mass is 10.0. The van der Waals surface area contributed by atoms with Crippen LogP contribution in [0.3, 0.4) is 0 Å². The standard InChI is InChI=1S/C20H29N3O3Si/c1-7-25-19(24)18-21-16-13-15(26-27(5,6)20(2,3)4)17(23(16)22-18)14-11-9-8-10-12-14/h8-12,15,17H,7,13H2,1-6H3/t15?,17-/m1/s1. The summed E-state index contributed by atoms with van der Waals surface area (Å²) in [6, 6.07) is 10.1. The van der Waals surface area contributed by atoms with Crippen molar-refractivity contribution in [2.75, 3.05) is 6.61 Å². The molecule has 3 rings (SSSR count). The average molecular weight is 388 g/mol. The van der Waals surface area contributed by atoms with E-state index in [1.54, 1.807) is 6.92 Å². The van der Waals surface area contributed by atoms with Crippen molar-refractivity contribution in [3.05, 3.63) is 47.5 Å². The van der Waals surface area contributed by atoms with E-state index in [1.165, 1.54) is 0 Å². The van der Waals surface area contributed by atoms with E-state index in [1.807, 2.05) is 22.9 Å². The van der Waals surface area contributed by atoms with Crippen LogP contribution in [0.15, 0.2) is 30.3 Å². The number of aromatic nitrogens is 3. The van der Waals surface area contributed by atoms with Crippen LogP contribution in [0.2, 0.25) is 18.1 Å². The molecule has 0 amide bonds. The lowest BCUT2D eigenvalue weighted by Crippen LogP contribution is -2.45. The molecule has 2 heterocycles. The Morgan fingerprint density at radius 2 is 1.93 bits per heavy atom. The fourth-order valence-electron chi connectivity index (χ4n) is 3.12. The summed E-state index contributed by atoms with van der Waals surface area (Å²) in [5.74, 6) is 0.419. The molecule has 1 aliphatic rings. The second-order valence-electron chi connectivity index (χ2n) is 8.49. The zero-order valence-corrected chi connectivity index (χ0v) is 18.0. The second kappa shape index (κ2) is 7.20. The SMILES string of the molecule is CCOC(=O)c1nc2n(n1)[C@H](c1ccccc1)C(O[Si](C)(C)C(C)(C)C)C2. The maximum absolute atomic E-state index is 12.1. The third kappa shape index (κ3) is 3.84. The van der Waals surface area contributed by atoms with Crippen LogP contribution in [-0.2, 0) is 15.6 Å². The summed E-state index contributed by atoms with van der Waals surface area (Å²) in [5.41, 5.74) is 1.11. The smallest absolute Gasteiger partial charge is 0.378 e. The highest BCUT2D eigenvalue weighted by Gasteiger charge is 2.45. The number of hydrogen-bond donors (Lipinski definition) is 0. The number of rotatable bonds is 5. The summed E-state index contributed by atoms with van der Waals surface area (Å²) in [7, 11) is -1.97. The van der Waals surface area contributed by atoms with Crippen molar-refractivity contribution in [3.8, 4) is 0 Å². The highest BCUT2D eigenvalue weighted by atomic mass is 28.4. The predicted molar refractivity (Wildman–Crippen MR) is 106 cm³/mol. The summed E-state index contributed by atoms with van der Waals surface area (Å²) in [6.45, 7) is 13.3. The van der Waals surface area contributed by atoms with E-state index in [2.05, 4.69) is 56.1 Å². The molecule has 0 saturated carbocycles. The summed E-state index contributed by atoms with van der Waals surface area (Å²) >= 11 is 0. The Morgan fingerprint density at radius 3 is 2.52 bits per heavy atom. The first kappa shape index (κ1) is 19.8. The quantitative estimate of drug-likeness (QED) is 0.573. The van der Waals surface area contributed by atoms with Gasteiger partial charge in [-0.1, -0.05) is 51.1 Å². The van der Waals surface area contributed by atoms with Gasteiger partial charge in [0.15, 0.2) is 8.32 Å². The van der Waals surface area contributed by atoms with E-state index in [4.69, 9.17) is 9.16 Å². The molecule has 7 heteroatoms. The lowest BCUT2D eigenvalue weighted by Gasteiger charge is -2.39. The molecule has 0 saturated heterocycles. The number of carbonyl (C=O) groups excluding carboxylic acids is 1. The minimum Gasteiger partial charge on any atom is -0.460 e. The van der Waals surface area contributed by atoms with Crippen molar-refractivity contribution in [2.45, 2.75) is 64.4 Å². The van der Waals surface area contributed by atoms with Gasteiger partial charge >= 0.3 is 5.97 Å². The van der Waals surface area contributed by atoms with Gasteiger partial charge in [-0.05, 0) is 30.6 Å². The minimum absolute atomic E-state index is 0.0421. The van der Waals surface area contributed by atoms with Crippen molar-refractivity contribution >= 4 is 14.3 Å². The highest BCUT2D eigenvalue weighted by Crippen LogP contribution is 2.41. The molecular weight excluding hydrogens is 358 g/mol. The predicted octanol–water partition coefficient (Wildman–Crippen LogP) is 3.99. The van der Waals surface area contributed by atoms with Crippen LogP contribution in [-0.4, -0.2) is 41.8 Å². The second-order valence-corrected chi connectivity index (χ2v) is 13.2. The first-order valence-electron chi connectivity index (χ1n) is 9.49. The zero-order valence-electron chi connectivity index (χ0n) is 17.0. The number of carbonyl (C=O) groups is 1. The Bertz CT molecular complexity index is 812. The van der Waals surface area contributed by atoms with Crippen LogP contribution < -0.4 is 0 Å². The molecule has 1 unspecified atom stereocenters. The van der Waals surface area contributed by atoms with Gasteiger partial charge in [0.1, 0.15) is 11.9 Å². The maximum Gasteiger partial charge on any atom is 0.378 e. The number of ether oxygens (including phenoxy) is 1. The Balaban J connectivity index is 1.96. The van der Waals surface area contributed by atoms with Crippen molar-refractivity contribution in [3.63, 3.8) is 0 Å². The van der Waals surface area contributed by atoms with E-state index >= 15 is 0 Å². The molecule has 0 N–H and O–H groups in total. The van der Waals surface area contributed by atoms with Crippen LogP contribution in [0.5, 0.6) is 0 Å².